The molecule has 1 aliphatic heterocycles. The van der Waals surface area contributed by atoms with Gasteiger partial charge in [0, 0.05) is 19.5 Å². The average Bonchev–Trinajstić information content (AvgIpc) is 3.23. The number of alkyl halides is 3. The number of likely N-dealkylation sites (tertiary alicyclic amines) is 1. The number of nitrogens with two attached hydrogens (primary N) is 1. The van der Waals surface area contributed by atoms with E-state index in [1.807, 2.05) is 0 Å². The van der Waals surface area contributed by atoms with Gasteiger partial charge in [-0.2, -0.15) is 13.2 Å². The van der Waals surface area contributed by atoms with Crippen LogP contribution in [0.4, 0.5) is 13.2 Å². The van der Waals surface area contributed by atoms with Crippen molar-refractivity contribution in [3.63, 3.8) is 0 Å². The average molecular weight is 522 g/mol. The molecule has 9 nitrogen and oxygen atoms in total. The number of carbonyl (C=O) groups excluding carboxylic acids is 3. The molecule has 1 aromatic carbocycles. The minimum atomic E-state index is -5.17. The summed E-state index contributed by atoms with van der Waals surface area (Å²) in [6.07, 6.45) is -5.66. The van der Waals surface area contributed by atoms with Crippen molar-refractivity contribution in [1.82, 2.24) is 10.2 Å². The van der Waals surface area contributed by atoms with Crippen molar-refractivity contribution in [2.24, 2.45) is 11.7 Å². The number of nitrogens with zero attached hydrogens (tertiary/aromatic N) is 1. The van der Waals surface area contributed by atoms with Gasteiger partial charge in [-0.1, -0.05) is 26.0 Å². The normalized spacial score (nSPS) is 19.5. The maximum Gasteiger partial charge on any atom is 0.452 e. The van der Waals surface area contributed by atoms with Gasteiger partial charge >= 0.3 is 6.18 Å². The van der Waals surface area contributed by atoms with Crippen molar-refractivity contribution >= 4 is 27.4 Å². The summed E-state index contributed by atoms with van der Waals surface area (Å²) >= 11 is 0. The molecule has 13 heteroatoms. The van der Waals surface area contributed by atoms with E-state index in [9.17, 15) is 36.0 Å². The first-order valence-electron chi connectivity index (χ1n) is 11.0. The number of methoxy groups -OCH3 is 1. The Morgan fingerprint density at radius 1 is 1.20 bits per heavy atom. The van der Waals surface area contributed by atoms with Gasteiger partial charge < -0.3 is 20.7 Å². The van der Waals surface area contributed by atoms with E-state index >= 15 is 0 Å². The van der Waals surface area contributed by atoms with Crippen LogP contribution in [-0.4, -0.2) is 74.6 Å². The summed E-state index contributed by atoms with van der Waals surface area (Å²) in [7, 11) is -2.39. The molecular formula is C22H30F3N3O6S. The highest BCUT2D eigenvalue weighted by Crippen LogP contribution is 2.28. The Hall–Kier alpha value is -2.67. The Bertz CT molecular complexity index is 1030. The number of carbonyl (C=O) groups is 3. The summed E-state index contributed by atoms with van der Waals surface area (Å²) in [6, 6.07) is 3.11. The van der Waals surface area contributed by atoms with Crippen LogP contribution >= 0.6 is 0 Å². The highest BCUT2D eigenvalue weighted by atomic mass is 32.2. The molecule has 1 aromatic rings. The van der Waals surface area contributed by atoms with Gasteiger partial charge in [0.2, 0.25) is 11.8 Å². The minimum absolute atomic E-state index is 0.0614. The van der Waals surface area contributed by atoms with Crippen molar-refractivity contribution < 1.29 is 40.7 Å². The summed E-state index contributed by atoms with van der Waals surface area (Å²) in [6.45, 7) is 2.30. The van der Waals surface area contributed by atoms with Crippen LogP contribution in [0.5, 0.6) is 5.75 Å². The third-order valence-corrected chi connectivity index (χ3v) is 7.90. The van der Waals surface area contributed by atoms with Gasteiger partial charge in [-0.05, 0) is 30.0 Å². The molecule has 1 fully saturated rings. The van der Waals surface area contributed by atoms with Gasteiger partial charge in [0.05, 0.1) is 24.2 Å². The fourth-order valence-electron chi connectivity index (χ4n) is 3.88. The molecule has 0 saturated carbocycles. The van der Waals surface area contributed by atoms with Crippen LogP contribution in [0.1, 0.15) is 32.3 Å². The lowest BCUT2D eigenvalue weighted by Crippen LogP contribution is -2.55. The predicted octanol–water partition coefficient (Wildman–Crippen LogP) is 1.20. The molecule has 0 aromatic heterocycles. The number of hydrogen-bond acceptors (Lipinski definition) is 7. The van der Waals surface area contributed by atoms with E-state index in [2.05, 4.69) is 5.32 Å². The van der Waals surface area contributed by atoms with E-state index < -0.39 is 56.9 Å². The molecule has 0 aliphatic carbocycles. The van der Waals surface area contributed by atoms with Gasteiger partial charge in [0.1, 0.15) is 11.8 Å². The Balaban J connectivity index is 2.27. The van der Waals surface area contributed by atoms with Crippen molar-refractivity contribution in [3.05, 3.63) is 29.8 Å². The lowest BCUT2D eigenvalue weighted by Gasteiger charge is -2.27. The van der Waals surface area contributed by atoms with Gasteiger partial charge in [-0.15, -0.1) is 0 Å². The third-order valence-electron chi connectivity index (χ3n) is 5.80. The van der Waals surface area contributed by atoms with Crippen molar-refractivity contribution in [2.45, 2.75) is 56.0 Å². The molecule has 3 atom stereocenters. The quantitative estimate of drug-likeness (QED) is 0.472. The van der Waals surface area contributed by atoms with Gasteiger partial charge in [0.25, 0.3) is 5.78 Å². The monoisotopic (exact) mass is 521 g/mol. The van der Waals surface area contributed by atoms with Gasteiger partial charge in [0.15, 0.2) is 9.84 Å². The van der Waals surface area contributed by atoms with E-state index in [0.29, 0.717) is 11.3 Å². The molecule has 2 unspecified atom stereocenters. The molecule has 0 spiro atoms. The summed E-state index contributed by atoms with van der Waals surface area (Å²) < 4.78 is 70.2. The topological polar surface area (TPSA) is 136 Å². The zero-order chi connectivity index (χ0) is 26.6. The third kappa shape index (κ3) is 7.17. The number of Topliss-reactive ketones (excluding diaryl/α,β-unsaturated/α-hetero) is 1. The number of amides is 2. The molecule has 3 N–H and O–H groups in total. The van der Waals surface area contributed by atoms with E-state index in [-0.39, 0.29) is 31.7 Å². The molecule has 196 valence electrons. The molecule has 1 aliphatic rings. The number of ether oxygens (including phenoxy) is 1. The van der Waals surface area contributed by atoms with Crippen LogP contribution in [0.3, 0.4) is 0 Å². The fraction of sp³-hybridized carbons (Fsp3) is 0.591. The summed E-state index contributed by atoms with van der Waals surface area (Å²) in [4.78, 5) is 38.4. The number of ketones is 1. The van der Waals surface area contributed by atoms with E-state index in [1.54, 1.807) is 24.3 Å². The summed E-state index contributed by atoms with van der Waals surface area (Å²) in [5.41, 5.74) is 5.89. The second-order valence-corrected chi connectivity index (χ2v) is 11.0. The van der Waals surface area contributed by atoms with Crippen molar-refractivity contribution in [3.8, 4) is 5.75 Å². The first-order chi connectivity index (χ1) is 16.2. The van der Waals surface area contributed by atoms with Crippen LogP contribution in [0.15, 0.2) is 24.3 Å². The fourth-order valence-corrected chi connectivity index (χ4v) is 5.64. The maximum atomic E-state index is 13.1. The number of nitrogens with one attached hydrogen (secondary N) is 1. The van der Waals surface area contributed by atoms with E-state index in [1.165, 1.54) is 21.0 Å². The van der Waals surface area contributed by atoms with E-state index in [0.717, 1.165) is 4.90 Å². The summed E-state index contributed by atoms with van der Waals surface area (Å²) in [5.74, 6) is -4.46. The van der Waals surface area contributed by atoms with Crippen LogP contribution in [0, 0.1) is 5.92 Å². The minimum Gasteiger partial charge on any atom is -0.497 e. The first kappa shape index (κ1) is 28.6. The number of halogens is 3. The van der Waals surface area contributed by atoms with E-state index in [4.69, 9.17) is 10.5 Å². The molecule has 35 heavy (non-hydrogen) atoms. The zero-order valence-electron chi connectivity index (χ0n) is 19.7. The molecule has 2 amide bonds. The number of rotatable bonds is 10. The molecule has 1 saturated heterocycles. The number of hydrogen-bond donors (Lipinski definition) is 2. The lowest BCUT2D eigenvalue weighted by atomic mass is 9.98. The largest absolute Gasteiger partial charge is 0.497 e. The predicted molar refractivity (Wildman–Crippen MR) is 121 cm³/mol. The highest BCUT2D eigenvalue weighted by molar-refractivity contribution is 7.91. The van der Waals surface area contributed by atoms with Crippen molar-refractivity contribution in [2.75, 3.05) is 20.2 Å². The van der Waals surface area contributed by atoms with Crippen LogP contribution in [-0.2, 0) is 30.0 Å². The molecule has 0 radical (unpaired) electrons. The first-order valence-corrected chi connectivity index (χ1v) is 12.7. The maximum absolute atomic E-state index is 13.1. The lowest BCUT2D eigenvalue weighted by molar-refractivity contribution is -0.175. The second-order valence-electron chi connectivity index (χ2n) is 8.71. The highest BCUT2D eigenvalue weighted by Gasteiger charge is 2.48. The Morgan fingerprint density at radius 2 is 1.80 bits per heavy atom. The molecule has 0 bridgehead atoms. The Kier molecular flexibility index (Phi) is 9.29. The van der Waals surface area contributed by atoms with Crippen LogP contribution in [0.25, 0.3) is 0 Å². The van der Waals surface area contributed by atoms with Gasteiger partial charge in [-0.25, -0.2) is 8.42 Å². The smallest absolute Gasteiger partial charge is 0.452 e. The Labute approximate surface area is 202 Å². The second kappa shape index (κ2) is 11.4. The van der Waals surface area contributed by atoms with Crippen LogP contribution in [0.2, 0.25) is 0 Å². The summed E-state index contributed by atoms with van der Waals surface area (Å²) in [5, 5.41) is 0.957. The molecule has 1 heterocycles. The number of benzene rings is 1. The SMILES string of the molecule is COc1ccc(CS(=O)(=O)C2CC(C(=O)N[C@H](C(=O)C(F)(F)F)C(C)C)N(C(=O)CCN)C2)cc1. The number of sulfone groups is 1. The standard InChI is InChI=1S/C22H30F3N3O6S/c1-13(2)19(20(30)22(23,24)25)27-21(31)17-10-16(11-28(17)18(29)8-9-26)35(32,33)12-14-4-6-15(34-3)7-5-14/h4-7,13,16-17,19H,8-12,26H2,1-3H3,(H,27,31)/t16?,17?,19-/m0/s1. The Morgan fingerprint density at radius 3 is 2.29 bits per heavy atom. The van der Waals surface area contributed by atoms with Crippen LogP contribution < -0.4 is 15.8 Å². The molecular weight excluding hydrogens is 491 g/mol. The van der Waals surface area contributed by atoms with Gasteiger partial charge in [-0.3, -0.25) is 14.4 Å². The zero-order valence-corrected chi connectivity index (χ0v) is 20.5. The van der Waals surface area contributed by atoms with Crippen molar-refractivity contribution in [1.29, 1.82) is 0 Å². The molecule has 2 rings (SSSR count).